The maximum Gasteiger partial charge on any atom is 0.0771 e. The van der Waals surface area contributed by atoms with Crippen LogP contribution in [0.3, 0.4) is 0 Å². The number of hydrogen-bond donors (Lipinski definition) is 2. The van der Waals surface area contributed by atoms with Crippen molar-refractivity contribution < 1.29 is 5.11 Å². The van der Waals surface area contributed by atoms with Crippen molar-refractivity contribution in [3.05, 3.63) is 0 Å². The van der Waals surface area contributed by atoms with Crippen LogP contribution in [0.5, 0.6) is 0 Å². The Hall–Kier alpha value is -0.0800. The zero-order valence-corrected chi connectivity index (χ0v) is 10.8. The summed E-state index contributed by atoms with van der Waals surface area (Å²) in [6, 6.07) is 0.707. The Bertz CT molecular complexity index is 215. The van der Waals surface area contributed by atoms with E-state index in [0.29, 0.717) is 12.0 Å². The average Bonchev–Trinajstić information content (AvgIpc) is 3.10. The molecule has 0 aliphatic heterocycles. The monoisotopic (exact) mass is 225 g/mol. The molecule has 2 rings (SSSR count). The van der Waals surface area contributed by atoms with E-state index in [0.717, 1.165) is 12.5 Å². The Morgan fingerprint density at radius 3 is 2.25 bits per heavy atom. The first-order valence-corrected chi connectivity index (χ1v) is 7.07. The molecule has 2 heteroatoms. The van der Waals surface area contributed by atoms with Crippen molar-refractivity contribution in [2.75, 3.05) is 6.54 Å². The maximum absolute atomic E-state index is 10.5. The molecule has 94 valence electrons. The normalized spacial score (nSPS) is 34.7. The molecule has 0 aromatic heterocycles. The van der Waals surface area contributed by atoms with Crippen LogP contribution in [0.25, 0.3) is 0 Å². The fourth-order valence-corrected chi connectivity index (χ4v) is 2.98. The molecular weight excluding hydrogens is 198 g/mol. The van der Waals surface area contributed by atoms with Gasteiger partial charge in [0.25, 0.3) is 0 Å². The fraction of sp³-hybridized carbons (Fsp3) is 1.00. The molecule has 2 N–H and O–H groups in total. The summed E-state index contributed by atoms with van der Waals surface area (Å²) in [7, 11) is 0. The molecule has 0 aromatic rings. The molecule has 2 fully saturated rings. The molecule has 0 aromatic carbocycles. The van der Waals surface area contributed by atoms with E-state index in [1.165, 1.54) is 44.9 Å². The lowest BCUT2D eigenvalue weighted by Gasteiger charge is -2.38. The van der Waals surface area contributed by atoms with Gasteiger partial charge in [0.05, 0.1) is 5.60 Å². The summed E-state index contributed by atoms with van der Waals surface area (Å²) in [6.45, 7) is 5.11. The Kier molecular flexibility index (Phi) is 3.91. The molecule has 2 aliphatic rings. The van der Waals surface area contributed by atoms with Crippen LogP contribution in [0.2, 0.25) is 0 Å². The van der Waals surface area contributed by atoms with Crippen molar-refractivity contribution in [2.45, 2.75) is 70.4 Å². The number of rotatable bonds is 5. The van der Waals surface area contributed by atoms with Crippen molar-refractivity contribution in [1.82, 2.24) is 5.32 Å². The van der Waals surface area contributed by atoms with E-state index in [-0.39, 0.29) is 0 Å². The lowest BCUT2D eigenvalue weighted by atomic mass is 9.73. The molecule has 0 amide bonds. The van der Waals surface area contributed by atoms with Gasteiger partial charge in [-0.05, 0) is 44.4 Å². The van der Waals surface area contributed by atoms with E-state index in [4.69, 9.17) is 0 Å². The van der Waals surface area contributed by atoms with Crippen molar-refractivity contribution in [1.29, 1.82) is 0 Å². The van der Waals surface area contributed by atoms with Crippen LogP contribution < -0.4 is 5.32 Å². The fourth-order valence-electron chi connectivity index (χ4n) is 2.98. The molecule has 0 bridgehead atoms. The second kappa shape index (κ2) is 5.05. The summed E-state index contributed by atoms with van der Waals surface area (Å²) in [4.78, 5) is 0. The molecule has 1 unspecified atom stereocenters. The predicted molar refractivity (Wildman–Crippen MR) is 67.4 cm³/mol. The van der Waals surface area contributed by atoms with E-state index < -0.39 is 5.60 Å². The van der Waals surface area contributed by atoms with E-state index in [1.807, 2.05) is 6.92 Å². The van der Waals surface area contributed by atoms with Gasteiger partial charge in [-0.1, -0.05) is 26.2 Å². The summed E-state index contributed by atoms with van der Waals surface area (Å²) >= 11 is 0. The van der Waals surface area contributed by atoms with Gasteiger partial charge in [0.1, 0.15) is 0 Å². The summed E-state index contributed by atoms with van der Waals surface area (Å²) in [6.07, 6.45) is 9.00. The van der Waals surface area contributed by atoms with Crippen molar-refractivity contribution in [3.63, 3.8) is 0 Å². The Labute approximate surface area is 99.8 Å². The topological polar surface area (TPSA) is 32.3 Å². The van der Waals surface area contributed by atoms with Crippen molar-refractivity contribution >= 4 is 0 Å². The molecule has 2 nitrogen and oxygen atoms in total. The highest BCUT2D eigenvalue weighted by Crippen LogP contribution is 2.36. The molecular formula is C14H27NO. The predicted octanol–water partition coefficient (Wildman–Crippen LogP) is 2.71. The summed E-state index contributed by atoms with van der Waals surface area (Å²) < 4.78 is 0. The molecule has 0 saturated heterocycles. The second-order valence-corrected chi connectivity index (χ2v) is 6.14. The van der Waals surface area contributed by atoms with E-state index in [2.05, 4.69) is 12.2 Å². The molecule has 16 heavy (non-hydrogen) atoms. The van der Waals surface area contributed by atoms with Gasteiger partial charge < -0.3 is 10.4 Å². The number of aliphatic hydroxyl groups is 1. The van der Waals surface area contributed by atoms with Crippen LogP contribution in [0, 0.1) is 11.8 Å². The highest BCUT2D eigenvalue weighted by molar-refractivity contribution is 4.91. The number of nitrogens with one attached hydrogen (secondary N) is 1. The molecule has 0 heterocycles. The van der Waals surface area contributed by atoms with Gasteiger partial charge in [-0.15, -0.1) is 0 Å². The zero-order chi connectivity index (χ0) is 11.6. The minimum Gasteiger partial charge on any atom is -0.389 e. The third kappa shape index (κ3) is 3.21. The highest BCUT2D eigenvalue weighted by Gasteiger charge is 2.35. The van der Waals surface area contributed by atoms with Gasteiger partial charge in [-0.25, -0.2) is 0 Å². The summed E-state index contributed by atoms with van der Waals surface area (Å²) in [5.41, 5.74) is -0.485. The quantitative estimate of drug-likeness (QED) is 0.754. The maximum atomic E-state index is 10.5. The Morgan fingerprint density at radius 2 is 1.75 bits per heavy atom. The minimum atomic E-state index is -0.485. The first-order chi connectivity index (χ1) is 7.62. The molecule has 2 aliphatic carbocycles. The third-order valence-electron chi connectivity index (χ3n) is 4.63. The number of hydrogen-bond acceptors (Lipinski definition) is 2. The second-order valence-electron chi connectivity index (χ2n) is 6.14. The van der Waals surface area contributed by atoms with Crippen LogP contribution in [0.4, 0.5) is 0 Å². The van der Waals surface area contributed by atoms with Crippen LogP contribution >= 0.6 is 0 Å². The van der Waals surface area contributed by atoms with Gasteiger partial charge in [0, 0.05) is 12.6 Å². The van der Waals surface area contributed by atoms with Gasteiger partial charge in [0.2, 0.25) is 0 Å². The van der Waals surface area contributed by atoms with E-state index >= 15 is 0 Å². The largest absolute Gasteiger partial charge is 0.389 e. The zero-order valence-electron chi connectivity index (χ0n) is 10.8. The van der Waals surface area contributed by atoms with Crippen molar-refractivity contribution in [2.24, 2.45) is 11.8 Å². The highest BCUT2D eigenvalue weighted by atomic mass is 16.3. The summed E-state index contributed by atoms with van der Waals surface area (Å²) in [5.74, 6) is 1.44. The van der Waals surface area contributed by atoms with Gasteiger partial charge in [-0.3, -0.25) is 0 Å². The lowest BCUT2D eigenvalue weighted by Crippen LogP contribution is -2.46. The van der Waals surface area contributed by atoms with Gasteiger partial charge in [-0.2, -0.15) is 0 Å². The lowest BCUT2D eigenvalue weighted by molar-refractivity contribution is -0.0215. The Balaban J connectivity index is 1.76. The van der Waals surface area contributed by atoms with E-state index in [9.17, 15) is 5.11 Å². The molecule has 1 atom stereocenters. The van der Waals surface area contributed by atoms with Crippen LogP contribution in [0.1, 0.15) is 58.8 Å². The third-order valence-corrected chi connectivity index (χ3v) is 4.63. The van der Waals surface area contributed by atoms with Crippen LogP contribution in [-0.4, -0.2) is 23.3 Å². The first-order valence-electron chi connectivity index (χ1n) is 7.07. The molecule has 0 spiro atoms. The van der Waals surface area contributed by atoms with Gasteiger partial charge in [0.15, 0.2) is 0 Å². The van der Waals surface area contributed by atoms with Crippen LogP contribution in [0.15, 0.2) is 0 Å². The SMILES string of the molecule is CCC1CCC(C(C)(O)CNC2CC2)CC1. The van der Waals surface area contributed by atoms with E-state index in [1.54, 1.807) is 0 Å². The Morgan fingerprint density at radius 1 is 1.12 bits per heavy atom. The smallest absolute Gasteiger partial charge is 0.0771 e. The molecule has 2 saturated carbocycles. The van der Waals surface area contributed by atoms with Crippen LogP contribution in [-0.2, 0) is 0 Å². The summed E-state index contributed by atoms with van der Waals surface area (Å²) in [5, 5.41) is 14.0. The van der Waals surface area contributed by atoms with Crippen molar-refractivity contribution in [3.8, 4) is 0 Å². The van der Waals surface area contributed by atoms with Gasteiger partial charge >= 0.3 is 0 Å². The molecule has 0 radical (unpaired) electrons. The standard InChI is InChI=1S/C14H27NO/c1-3-11-4-6-12(7-5-11)14(2,16)10-15-13-8-9-13/h11-13,15-16H,3-10H2,1-2H3. The first kappa shape index (κ1) is 12.4. The minimum absolute atomic E-state index is 0.485. The average molecular weight is 225 g/mol.